The molecule has 3 rings (SSSR count). The molecule has 0 bridgehead atoms. The summed E-state index contributed by atoms with van der Waals surface area (Å²) < 4.78 is 16.0. The summed E-state index contributed by atoms with van der Waals surface area (Å²) in [4.78, 5) is 29.0. The number of hydrogen-bond acceptors (Lipinski definition) is 7. The third-order valence-corrected chi connectivity index (χ3v) is 5.65. The number of thioether (sulfide) groups is 1. The van der Waals surface area contributed by atoms with Gasteiger partial charge in [0, 0.05) is 5.02 Å². The molecule has 1 N–H and O–H groups in total. The summed E-state index contributed by atoms with van der Waals surface area (Å²) in [5, 5.41) is 3.86. The second kappa shape index (κ2) is 11.1. The Labute approximate surface area is 195 Å². The van der Waals surface area contributed by atoms with Gasteiger partial charge in [0.2, 0.25) is 0 Å². The van der Waals surface area contributed by atoms with Crippen molar-refractivity contribution in [2.75, 3.05) is 19.8 Å². The molecule has 1 amide bonds. The maximum absolute atomic E-state index is 12.4. The van der Waals surface area contributed by atoms with Gasteiger partial charge >= 0.3 is 5.97 Å². The molecule has 32 heavy (non-hydrogen) atoms. The highest BCUT2D eigenvalue weighted by atomic mass is 35.5. The monoisotopic (exact) mass is 474 g/mol. The first-order valence-electron chi connectivity index (χ1n) is 10.0. The second-order valence-corrected chi connectivity index (χ2v) is 8.04. The van der Waals surface area contributed by atoms with Gasteiger partial charge in [-0.2, -0.15) is 0 Å². The van der Waals surface area contributed by atoms with Gasteiger partial charge in [0.25, 0.3) is 5.91 Å². The molecule has 9 heteroatoms. The number of amidine groups is 1. The van der Waals surface area contributed by atoms with E-state index in [2.05, 4.69) is 10.3 Å². The van der Waals surface area contributed by atoms with Crippen molar-refractivity contribution in [1.82, 2.24) is 5.32 Å². The zero-order valence-corrected chi connectivity index (χ0v) is 19.5. The van der Waals surface area contributed by atoms with Crippen molar-refractivity contribution in [2.45, 2.75) is 20.8 Å². The highest BCUT2D eigenvalue weighted by Gasteiger charge is 2.24. The molecule has 1 aliphatic rings. The lowest BCUT2D eigenvalue weighted by molar-refractivity contribution is -0.145. The fourth-order valence-corrected chi connectivity index (χ4v) is 3.80. The van der Waals surface area contributed by atoms with E-state index in [9.17, 15) is 9.59 Å². The minimum absolute atomic E-state index is 0.213. The van der Waals surface area contributed by atoms with Crippen LogP contribution in [-0.2, 0) is 14.3 Å². The molecule has 0 aliphatic carbocycles. The number of aliphatic imine (C=N–C) groups is 1. The van der Waals surface area contributed by atoms with Gasteiger partial charge in [0.1, 0.15) is 0 Å². The zero-order chi connectivity index (χ0) is 23.1. The number of halogens is 1. The maximum atomic E-state index is 12.4. The normalized spacial score (nSPS) is 15.7. The van der Waals surface area contributed by atoms with Gasteiger partial charge in [0.05, 0.1) is 23.8 Å². The third kappa shape index (κ3) is 6.05. The lowest BCUT2D eigenvalue weighted by atomic mass is 10.2. The van der Waals surface area contributed by atoms with E-state index < -0.39 is 5.97 Å². The number of carbonyl (C=O) groups is 2. The number of nitrogens with one attached hydrogen (secondary N) is 1. The average Bonchev–Trinajstić information content (AvgIpc) is 3.10. The van der Waals surface area contributed by atoms with E-state index in [-0.39, 0.29) is 19.1 Å². The molecule has 0 atom stereocenters. The van der Waals surface area contributed by atoms with Crippen molar-refractivity contribution >= 4 is 52.2 Å². The van der Waals surface area contributed by atoms with Crippen LogP contribution in [0.2, 0.25) is 5.02 Å². The van der Waals surface area contributed by atoms with Gasteiger partial charge in [-0.25, -0.2) is 9.79 Å². The van der Waals surface area contributed by atoms with Crippen LogP contribution in [0.5, 0.6) is 11.5 Å². The Morgan fingerprint density at radius 1 is 1.16 bits per heavy atom. The average molecular weight is 475 g/mol. The van der Waals surface area contributed by atoms with Crippen molar-refractivity contribution in [2.24, 2.45) is 4.99 Å². The van der Waals surface area contributed by atoms with Crippen molar-refractivity contribution in [3.05, 3.63) is 57.5 Å². The van der Waals surface area contributed by atoms with E-state index >= 15 is 0 Å². The van der Waals surface area contributed by atoms with Crippen LogP contribution in [0, 0.1) is 6.92 Å². The highest BCUT2D eigenvalue weighted by Crippen LogP contribution is 2.33. The SMILES string of the molecule is CCOC(=O)COc1ccc(/C=C2\SC(=Nc3cccc(Cl)c3C)NC2=O)cc1OCC. The minimum Gasteiger partial charge on any atom is -0.490 e. The first-order valence-corrected chi connectivity index (χ1v) is 11.2. The van der Waals surface area contributed by atoms with Gasteiger partial charge in [-0.1, -0.05) is 23.7 Å². The fraction of sp³-hybridized carbons (Fsp3) is 0.261. The first-order chi connectivity index (χ1) is 15.4. The standard InChI is InChI=1S/C23H23ClN2O5S/c1-4-29-19-11-15(9-10-18(19)31-13-21(27)30-5-2)12-20-22(28)26-23(32-20)25-17-8-6-7-16(24)14(17)3/h6-12H,4-5,13H2,1-3H3,(H,25,26,28)/b20-12-. The van der Waals surface area contributed by atoms with Gasteiger partial charge in [-0.3, -0.25) is 4.79 Å². The van der Waals surface area contributed by atoms with Crippen LogP contribution in [0.1, 0.15) is 25.0 Å². The molecule has 2 aromatic rings. The Balaban J connectivity index is 1.79. The van der Waals surface area contributed by atoms with Gasteiger partial charge in [-0.05, 0) is 74.0 Å². The number of esters is 1. The van der Waals surface area contributed by atoms with Crippen molar-refractivity contribution in [3.63, 3.8) is 0 Å². The number of rotatable bonds is 8. The van der Waals surface area contributed by atoms with E-state index in [1.54, 1.807) is 37.3 Å². The summed E-state index contributed by atoms with van der Waals surface area (Å²) in [6, 6.07) is 10.7. The molecule has 0 radical (unpaired) electrons. The molecule has 1 fully saturated rings. The third-order valence-electron chi connectivity index (χ3n) is 4.33. The number of nitrogens with zero attached hydrogens (tertiary/aromatic N) is 1. The summed E-state index contributed by atoms with van der Waals surface area (Å²) in [7, 11) is 0. The van der Waals surface area contributed by atoms with E-state index in [1.807, 2.05) is 26.0 Å². The smallest absolute Gasteiger partial charge is 0.344 e. The zero-order valence-electron chi connectivity index (χ0n) is 17.9. The molecule has 0 unspecified atom stereocenters. The Morgan fingerprint density at radius 2 is 1.97 bits per heavy atom. The van der Waals surface area contributed by atoms with Crippen LogP contribution in [0.3, 0.4) is 0 Å². The number of carbonyl (C=O) groups excluding carboxylic acids is 2. The Bertz CT molecular complexity index is 1080. The van der Waals surface area contributed by atoms with E-state index in [1.165, 1.54) is 11.8 Å². The van der Waals surface area contributed by atoms with Crippen LogP contribution in [0.25, 0.3) is 6.08 Å². The number of amides is 1. The van der Waals surface area contributed by atoms with E-state index in [0.717, 1.165) is 11.1 Å². The topological polar surface area (TPSA) is 86.2 Å². The molecule has 1 saturated heterocycles. The Hall–Kier alpha value is -2.97. The summed E-state index contributed by atoms with van der Waals surface area (Å²) in [5.74, 6) is 0.193. The largest absolute Gasteiger partial charge is 0.490 e. The van der Waals surface area contributed by atoms with Crippen LogP contribution in [0.15, 0.2) is 46.3 Å². The predicted octanol–water partition coefficient (Wildman–Crippen LogP) is 4.88. The van der Waals surface area contributed by atoms with Gasteiger partial charge < -0.3 is 19.5 Å². The number of ether oxygens (including phenoxy) is 3. The molecular weight excluding hydrogens is 452 g/mol. The number of hydrogen-bond donors (Lipinski definition) is 1. The molecule has 7 nitrogen and oxygen atoms in total. The first kappa shape index (κ1) is 23.7. The molecule has 0 saturated carbocycles. The lowest BCUT2D eigenvalue weighted by Crippen LogP contribution is -2.19. The molecule has 1 aliphatic heterocycles. The molecule has 0 aromatic heterocycles. The summed E-state index contributed by atoms with van der Waals surface area (Å²) in [5.41, 5.74) is 2.28. The summed E-state index contributed by atoms with van der Waals surface area (Å²) >= 11 is 7.39. The van der Waals surface area contributed by atoms with Crippen molar-refractivity contribution in [3.8, 4) is 11.5 Å². The Kier molecular flexibility index (Phi) is 8.19. The van der Waals surface area contributed by atoms with E-state index in [4.69, 9.17) is 25.8 Å². The molecule has 1 heterocycles. The summed E-state index contributed by atoms with van der Waals surface area (Å²) in [6.07, 6.45) is 1.74. The summed E-state index contributed by atoms with van der Waals surface area (Å²) in [6.45, 7) is 5.95. The predicted molar refractivity (Wildman–Crippen MR) is 127 cm³/mol. The molecule has 168 valence electrons. The lowest BCUT2D eigenvalue weighted by Gasteiger charge is -2.12. The van der Waals surface area contributed by atoms with Gasteiger partial charge in [0.15, 0.2) is 23.3 Å². The van der Waals surface area contributed by atoms with Gasteiger partial charge in [-0.15, -0.1) is 0 Å². The minimum atomic E-state index is -0.457. The maximum Gasteiger partial charge on any atom is 0.344 e. The van der Waals surface area contributed by atoms with E-state index in [0.29, 0.717) is 38.9 Å². The van der Waals surface area contributed by atoms with Crippen LogP contribution in [-0.4, -0.2) is 36.9 Å². The quantitative estimate of drug-likeness (QED) is 0.433. The highest BCUT2D eigenvalue weighted by molar-refractivity contribution is 8.18. The fourth-order valence-electron chi connectivity index (χ4n) is 2.80. The van der Waals surface area contributed by atoms with Crippen molar-refractivity contribution in [1.29, 1.82) is 0 Å². The van der Waals surface area contributed by atoms with Crippen LogP contribution >= 0.6 is 23.4 Å². The molecule has 2 aromatic carbocycles. The molecular formula is C23H23ClN2O5S. The van der Waals surface area contributed by atoms with Crippen molar-refractivity contribution < 1.29 is 23.8 Å². The van der Waals surface area contributed by atoms with Crippen LogP contribution in [0.4, 0.5) is 5.69 Å². The number of benzene rings is 2. The Morgan fingerprint density at radius 3 is 2.72 bits per heavy atom. The second-order valence-electron chi connectivity index (χ2n) is 6.60. The van der Waals surface area contributed by atoms with Crippen LogP contribution < -0.4 is 14.8 Å². The molecule has 0 spiro atoms.